The maximum atomic E-state index is 3.87. The molecule has 3 heteroatoms. The van der Waals surface area contributed by atoms with Crippen LogP contribution in [0.4, 0.5) is 0 Å². The zero-order valence-corrected chi connectivity index (χ0v) is 6.86. The fourth-order valence-electron chi connectivity index (χ4n) is 1.15. The molecule has 0 aliphatic carbocycles. The van der Waals surface area contributed by atoms with Gasteiger partial charge in [-0.3, -0.25) is 0 Å². The summed E-state index contributed by atoms with van der Waals surface area (Å²) >= 11 is 0. The van der Waals surface area contributed by atoms with Crippen molar-refractivity contribution in [2.24, 2.45) is 0 Å². The Hall–Kier alpha value is -1.64. The molecule has 0 atom stereocenters. The second kappa shape index (κ2) is 2.77. The van der Waals surface area contributed by atoms with E-state index in [1.165, 1.54) is 5.56 Å². The minimum absolute atomic E-state index is 1.10. The standard InChI is InChI=1S/C9H9N3/c1-8-3-2-4-9(7-8)12-6-5-10-11-12/h2-7H,1H3/p+1. The van der Waals surface area contributed by atoms with Gasteiger partial charge in [-0.25, -0.2) is 0 Å². The second-order valence-corrected chi connectivity index (χ2v) is 2.74. The van der Waals surface area contributed by atoms with E-state index in [4.69, 9.17) is 0 Å². The monoisotopic (exact) mass is 160 g/mol. The summed E-state index contributed by atoms with van der Waals surface area (Å²) in [5, 5.41) is 6.71. The van der Waals surface area contributed by atoms with Crippen molar-refractivity contribution in [3.63, 3.8) is 0 Å². The first-order valence-electron chi connectivity index (χ1n) is 3.84. The lowest BCUT2D eigenvalue weighted by molar-refractivity contribution is -0.659. The molecule has 1 aromatic carbocycles. The fourth-order valence-corrected chi connectivity index (χ4v) is 1.15. The summed E-state index contributed by atoms with van der Waals surface area (Å²) in [5.41, 5.74) is 2.35. The van der Waals surface area contributed by atoms with Crippen molar-refractivity contribution in [1.82, 2.24) is 10.3 Å². The lowest BCUT2D eigenvalue weighted by atomic mass is 10.2. The summed E-state index contributed by atoms with van der Waals surface area (Å²) in [6, 6.07) is 8.22. The molecule has 0 aliphatic rings. The third-order valence-corrected chi connectivity index (χ3v) is 1.74. The van der Waals surface area contributed by atoms with E-state index in [2.05, 4.69) is 29.4 Å². The summed E-state index contributed by atoms with van der Waals surface area (Å²) < 4.78 is 1.87. The highest BCUT2D eigenvalue weighted by Crippen LogP contribution is 2.01. The van der Waals surface area contributed by atoms with Gasteiger partial charge in [-0.1, -0.05) is 17.3 Å². The Kier molecular flexibility index (Phi) is 1.63. The van der Waals surface area contributed by atoms with Gasteiger partial charge in [-0.05, 0) is 24.6 Å². The Morgan fingerprint density at radius 1 is 1.42 bits per heavy atom. The Balaban J connectivity index is 2.48. The SMILES string of the molecule is Cc1cccc(-[n+]2ccn[nH]2)c1. The van der Waals surface area contributed by atoms with Crippen molar-refractivity contribution in [3.05, 3.63) is 42.2 Å². The molecule has 0 saturated carbocycles. The molecule has 2 rings (SSSR count). The summed E-state index contributed by atoms with van der Waals surface area (Å²) in [6.45, 7) is 2.07. The highest BCUT2D eigenvalue weighted by atomic mass is 15.4. The average molecular weight is 160 g/mol. The molecule has 0 spiro atoms. The van der Waals surface area contributed by atoms with E-state index in [1.54, 1.807) is 6.20 Å². The van der Waals surface area contributed by atoms with Gasteiger partial charge in [-0.2, -0.15) is 0 Å². The van der Waals surface area contributed by atoms with E-state index in [1.807, 2.05) is 23.0 Å². The predicted molar refractivity (Wildman–Crippen MR) is 44.9 cm³/mol. The van der Waals surface area contributed by atoms with E-state index < -0.39 is 0 Å². The largest absolute Gasteiger partial charge is 0.206 e. The van der Waals surface area contributed by atoms with Gasteiger partial charge in [-0.15, -0.1) is 4.68 Å². The first-order valence-corrected chi connectivity index (χ1v) is 3.84. The van der Waals surface area contributed by atoms with Crippen LogP contribution >= 0.6 is 0 Å². The van der Waals surface area contributed by atoms with E-state index in [9.17, 15) is 0 Å². The molecule has 0 saturated heterocycles. The lowest BCUT2D eigenvalue weighted by Gasteiger charge is -1.94. The molecule has 1 N–H and O–H groups in total. The number of aromatic amines is 1. The number of hydrogen-bond acceptors (Lipinski definition) is 1. The van der Waals surface area contributed by atoms with Crippen molar-refractivity contribution in [1.29, 1.82) is 0 Å². The highest BCUT2D eigenvalue weighted by molar-refractivity contribution is 5.27. The molecule has 0 fully saturated rings. The maximum absolute atomic E-state index is 3.87. The number of H-pyrrole nitrogens is 1. The van der Waals surface area contributed by atoms with Crippen molar-refractivity contribution < 1.29 is 4.68 Å². The van der Waals surface area contributed by atoms with Gasteiger partial charge < -0.3 is 0 Å². The van der Waals surface area contributed by atoms with Crippen LogP contribution in [-0.2, 0) is 0 Å². The van der Waals surface area contributed by atoms with Crippen molar-refractivity contribution >= 4 is 0 Å². The zero-order valence-electron chi connectivity index (χ0n) is 6.86. The van der Waals surface area contributed by atoms with Gasteiger partial charge in [0, 0.05) is 5.10 Å². The molecular formula is C9H10N3+. The molecule has 1 heterocycles. The Bertz CT molecular complexity index is 365. The van der Waals surface area contributed by atoms with Crippen molar-refractivity contribution in [3.8, 4) is 5.69 Å². The van der Waals surface area contributed by atoms with Gasteiger partial charge >= 0.3 is 0 Å². The number of nitrogens with one attached hydrogen (secondary N) is 1. The minimum Gasteiger partial charge on any atom is -0.128 e. The Labute approximate surface area is 70.6 Å². The highest BCUT2D eigenvalue weighted by Gasteiger charge is 2.01. The van der Waals surface area contributed by atoms with Gasteiger partial charge in [0.15, 0.2) is 11.9 Å². The molecule has 0 bridgehead atoms. The molecule has 0 unspecified atom stereocenters. The molecule has 1 aromatic heterocycles. The van der Waals surface area contributed by atoms with Crippen molar-refractivity contribution in [2.45, 2.75) is 6.92 Å². The minimum atomic E-state index is 1.10. The molecule has 0 amide bonds. The molecule has 3 nitrogen and oxygen atoms in total. The number of rotatable bonds is 1. The normalized spacial score (nSPS) is 10.1. The van der Waals surface area contributed by atoms with E-state index in [0.29, 0.717) is 0 Å². The van der Waals surface area contributed by atoms with Crippen LogP contribution in [0.3, 0.4) is 0 Å². The molecule has 0 radical (unpaired) electrons. The van der Waals surface area contributed by atoms with Crippen LogP contribution in [0.25, 0.3) is 5.69 Å². The van der Waals surface area contributed by atoms with Crippen LogP contribution in [0.5, 0.6) is 0 Å². The van der Waals surface area contributed by atoms with E-state index >= 15 is 0 Å². The number of hydrogen-bond donors (Lipinski definition) is 1. The van der Waals surface area contributed by atoms with E-state index in [-0.39, 0.29) is 0 Å². The third-order valence-electron chi connectivity index (χ3n) is 1.74. The quantitative estimate of drug-likeness (QED) is 0.620. The van der Waals surface area contributed by atoms with Gasteiger partial charge in [0.05, 0.1) is 0 Å². The van der Waals surface area contributed by atoms with Gasteiger partial charge in [0.2, 0.25) is 6.20 Å². The zero-order chi connectivity index (χ0) is 8.39. The molecule has 2 aromatic rings. The Morgan fingerprint density at radius 3 is 3.00 bits per heavy atom. The Morgan fingerprint density at radius 2 is 2.33 bits per heavy atom. The smallest absolute Gasteiger partial charge is 0.128 e. The van der Waals surface area contributed by atoms with Gasteiger partial charge in [0.1, 0.15) is 0 Å². The van der Waals surface area contributed by atoms with Crippen LogP contribution in [0.15, 0.2) is 36.7 Å². The van der Waals surface area contributed by atoms with Crippen LogP contribution in [0.1, 0.15) is 5.56 Å². The van der Waals surface area contributed by atoms with Gasteiger partial charge in [0.25, 0.3) is 0 Å². The first-order chi connectivity index (χ1) is 5.86. The van der Waals surface area contributed by atoms with Crippen LogP contribution in [0, 0.1) is 6.92 Å². The molecular weight excluding hydrogens is 150 g/mol. The summed E-state index contributed by atoms with van der Waals surface area (Å²) in [4.78, 5) is 0. The van der Waals surface area contributed by atoms with Crippen LogP contribution in [0.2, 0.25) is 0 Å². The number of aryl methyl sites for hydroxylation is 1. The number of nitrogens with zero attached hydrogens (tertiary/aromatic N) is 2. The second-order valence-electron chi connectivity index (χ2n) is 2.74. The predicted octanol–water partition coefficient (Wildman–Crippen LogP) is 0.995. The summed E-state index contributed by atoms with van der Waals surface area (Å²) in [6.07, 6.45) is 3.61. The summed E-state index contributed by atoms with van der Waals surface area (Å²) in [7, 11) is 0. The lowest BCUT2D eigenvalue weighted by Crippen LogP contribution is -2.31. The first kappa shape index (κ1) is 7.03. The molecule has 60 valence electrons. The average Bonchev–Trinajstić information content (AvgIpc) is 2.56. The molecule has 12 heavy (non-hydrogen) atoms. The fraction of sp³-hybridized carbons (Fsp3) is 0.111. The molecule has 0 aliphatic heterocycles. The number of aromatic nitrogens is 3. The van der Waals surface area contributed by atoms with E-state index in [0.717, 1.165) is 5.69 Å². The topological polar surface area (TPSA) is 32.6 Å². The maximum Gasteiger partial charge on any atom is 0.206 e. The third kappa shape index (κ3) is 1.21. The van der Waals surface area contributed by atoms with Crippen LogP contribution in [-0.4, -0.2) is 10.3 Å². The van der Waals surface area contributed by atoms with Crippen LogP contribution < -0.4 is 4.68 Å². The summed E-state index contributed by atoms with van der Waals surface area (Å²) in [5.74, 6) is 0. The van der Waals surface area contributed by atoms with Crippen molar-refractivity contribution in [2.75, 3.05) is 0 Å². The number of benzene rings is 1.